The SMILES string of the molecule is CC=CNCCC[N+](CC)(CC)CC. The van der Waals surface area contributed by atoms with E-state index in [4.69, 9.17) is 0 Å². The van der Waals surface area contributed by atoms with Crippen LogP contribution >= 0.6 is 0 Å². The smallest absolute Gasteiger partial charge is 0.0803 e. The molecule has 2 heteroatoms. The average Bonchev–Trinajstić information content (AvgIpc) is 2.24. The van der Waals surface area contributed by atoms with Gasteiger partial charge in [0.25, 0.3) is 0 Å². The third-order valence-electron chi connectivity index (χ3n) is 3.25. The highest BCUT2D eigenvalue weighted by Crippen LogP contribution is 2.06. The summed E-state index contributed by atoms with van der Waals surface area (Å²) in [6, 6.07) is 0. The molecule has 0 aromatic rings. The topological polar surface area (TPSA) is 12.0 Å². The minimum absolute atomic E-state index is 1.10. The molecule has 0 aliphatic rings. The van der Waals surface area contributed by atoms with Gasteiger partial charge in [0.2, 0.25) is 0 Å². The predicted octanol–water partition coefficient (Wildman–Crippen LogP) is 2.38. The van der Waals surface area contributed by atoms with Crippen LogP contribution in [0.2, 0.25) is 0 Å². The highest BCUT2D eigenvalue weighted by molar-refractivity contribution is 4.73. The van der Waals surface area contributed by atoms with E-state index in [9.17, 15) is 0 Å². The van der Waals surface area contributed by atoms with Gasteiger partial charge in [0.05, 0.1) is 26.2 Å². The Hall–Kier alpha value is -0.500. The monoisotopic (exact) mass is 199 g/mol. The van der Waals surface area contributed by atoms with E-state index in [2.05, 4.69) is 26.1 Å². The maximum atomic E-state index is 3.29. The number of quaternary nitrogens is 1. The van der Waals surface area contributed by atoms with Gasteiger partial charge < -0.3 is 9.80 Å². The minimum Gasteiger partial charge on any atom is -0.391 e. The van der Waals surface area contributed by atoms with Crippen LogP contribution in [0.5, 0.6) is 0 Å². The van der Waals surface area contributed by atoms with Crippen molar-refractivity contribution in [3.05, 3.63) is 12.3 Å². The highest BCUT2D eigenvalue weighted by atomic mass is 15.3. The minimum atomic E-state index is 1.10. The van der Waals surface area contributed by atoms with E-state index in [0.29, 0.717) is 0 Å². The molecule has 0 rings (SSSR count). The summed E-state index contributed by atoms with van der Waals surface area (Å²) in [5, 5.41) is 3.29. The third-order valence-corrected chi connectivity index (χ3v) is 3.25. The van der Waals surface area contributed by atoms with Gasteiger partial charge in [0, 0.05) is 13.0 Å². The Balaban J connectivity index is 3.71. The molecule has 0 amide bonds. The first kappa shape index (κ1) is 13.5. The van der Waals surface area contributed by atoms with Gasteiger partial charge in [-0.05, 0) is 33.9 Å². The molecular weight excluding hydrogens is 172 g/mol. The zero-order valence-corrected chi connectivity index (χ0v) is 10.3. The van der Waals surface area contributed by atoms with Crippen LogP contribution in [0.25, 0.3) is 0 Å². The van der Waals surface area contributed by atoms with Crippen molar-refractivity contribution in [1.29, 1.82) is 0 Å². The fourth-order valence-electron chi connectivity index (χ4n) is 1.86. The molecule has 0 fully saturated rings. The molecule has 0 atom stereocenters. The molecule has 0 aliphatic carbocycles. The Bertz CT molecular complexity index is 140. The Kier molecular flexibility index (Phi) is 7.58. The molecule has 0 aromatic heterocycles. The summed E-state index contributed by atoms with van der Waals surface area (Å²) >= 11 is 0. The van der Waals surface area contributed by atoms with Crippen molar-refractivity contribution in [3.63, 3.8) is 0 Å². The lowest BCUT2D eigenvalue weighted by Gasteiger charge is -2.35. The summed E-state index contributed by atoms with van der Waals surface area (Å²) in [6.45, 7) is 15.1. The quantitative estimate of drug-likeness (QED) is 0.467. The lowest BCUT2D eigenvalue weighted by Crippen LogP contribution is -2.48. The summed E-state index contributed by atoms with van der Waals surface area (Å²) in [4.78, 5) is 0. The molecule has 0 aliphatic heterocycles. The molecule has 0 saturated heterocycles. The van der Waals surface area contributed by atoms with E-state index in [1.165, 1.54) is 37.1 Å². The summed E-state index contributed by atoms with van der Waals surface area (Å²) in [7, 11) is 0. The van der Waals surface area contributed by atoms with Crippen molar-refractivity contribution in [2.45, 2.75) is 34.1 Å². The molecule has 0 spiro atoms. The summed E-state index contributed by atoms with van der Waals surface area (Å²) in [5.74, 6) is 0. The second kappa shape index (κ2) is 7.86. The summed E-state index contributed by atoms with van der Waals surface area (Å²) in [5.41, 5.74) is 0. The van der Waals surface area contributed by atoms with Crippen LogP contribution in [-0.2, 0) is 0 Å². The molecule has 2 nitrogen and oxygen atoms in total. The molecular formula is C12H27N2+. The van der Waals surface area contributed by atoms with E-state index in [1.807, 2.05) is 19.2 Å². The maximum absolute atomic E-state index is 3.29. The molecule has 0 saturated carbocycles. The van der Waals surface area contributed by atoms with Crippen molar-refractivity contribution in [2.24, 2.45) is 0 Å². The first-order chi connectivity index (χ1) is 6.74. The number of nitrogens with zero attached hydrogens (tertiary/aromatic N) is 1. The van der Waals surface area contributed by atoms with Gasteiger partial charge in [-0.15, -0.1) is 0 Å². The van der Waals surface area contributed by atoms with Gasteiger partial charge >= 0.3 is 0 Å². The first-order valence-electron chi connectivity index (χ1n) is 5.94. The maximum Gasteiger partial charge on any atom is 0.0803 e. The van der Waals surface area contributed by atoms with Crippen molar-refractivity contribution >= 4 is 0 Å². The molecule has 0 bridgehead atoms. The van der Waals surface area contributed by atoms with Gasteiger partial charge in [0.15, 0.2) is 0 Å². The second-order valence-electron chi connectivity index (χ2n) is 3.82. The molecule has 0 aromatic carbocycles. The van der Waals surface area contributed by atoms with E-state index >= 15 is 0 Å². The van der Waals surface area contributed by atoms with E-state index in [-0.39, 0.29) is 0 Å². The van der Waals surface area contributed by atoms with E-state index in [0.717, 1.165) is 6.54 Å². The Morgan fingerprint density at radius 3 is 2.07 bits per heavy atom. The van der Waals surface area contributed by atoms with Crippen LogP contribution in [0.3, 0.4) is 0 Å². The number of hydrogen-bond donors (Lipinski definition) is 1. The fraction of sp³-hybridized carbons (Fsp3) is 0.833. The Morgan fingerprint density at radius 2 is 1.64 bits per heavy atom. The van der Waals surface area contributed by atoms with Crippen LogP contribution in [-0.4, -0.2) is 37.2 Å². The Labute approximate surface area is 89.6 Å². The summed E-state index contributed by atoms with van der Waals surface area (Å²) < 4.78 is 1.26. The average molecular weight is 199 g/mol. The lowest BCUT2D eigenvalue weighted by molar-refractivity contribution is -0.923. The van der Waals surface area contributed by atoms with Crippen molar-refractivity contribution < 1.29 is 4.48 Å². The molecule has 0 radical (unpaired) electrons. The fourth-order valence-corrected chi connectivity index (χ4v) is 1.86. The van der Waals surface area contributed by atoms with Crippen LogP contribution in [0.4, 0.5) is 0 Å². The lowest BCUT2D eigenvalue weighted by atomic mass is 10.3. The van der Waals surface area contributed by atoms with Crippen LogP contribution in [0.1, 0.15) is 34.1 Å². The molecule has 0 heterocycles. The van der Waals surface area contributed by atoms with E-state index < -0.39 is 0 Å². The van der Waals surface area contributed by atoms with Gasteiger partial charge in [-0.1, -0.05) is 6.08 Å². The number of allylic oxidation sites excluding steroid dienone is 1. The van der Waals surface area contributed by atoms with Crippen molar-refractivity contribution in [3.8, 4) is 0 Å². The predicted molar refractivity (Wildman–Crippen MR) is 64.2 cm³/mol. The van der Waals surface area contributed by atoms with Crippen LogP contribution in [0.15, 0.2) is 12.3 Å². The zero-order chi connectivity index (χ0) is 10.9. The third kappa shape index (κ3) is 4.66. The summed E-state index contributed by atoms with van der Waals surface area (Å²) in [6.07, 6.45) is 5.33. The van der Waals surface area contributed by atoms with Crippen LogP contribution < -0.4 is 5.32 Å². The molecule has 0 unspecified atom stereocenters. The van der Waals surface area contributed by atoms with Gasteiger partial charge in [-0.3, -0.25) is 0 Å². The van der Waals surface area contributed by atoms with E-state index in [1.54, 1.807) is 0 Å². The van der Waals surface area contributed by atoms with Crippen molar-refractivity contribution in [2.75, 3.05) is 32.7 Å². The molecule has 1 N–H and O–H groups in total. The van der Waals surface area contributed by atoms with Crippen LogP contribution in [0, 0.1) is 0 Å². The number of rotatable bonds is 8. The largest absolute Gasteiger partial charge is 0.391 e. The highest BCUT2D eigenvalue weighted by Gasteiger charge is 2.19. The standard InChI is InChI=1S/C12H27N2/c1-5-10-13-11-9-12-14(6-2,7-3)8-4/h5,10,13H,6-9,11-12H2,1-4H3/q+1. The zero-order valence-electron chi connectivity index (χ0n) is 10.3. The Morgan fingerprint density at radius 1 is 1.07 bits per heavy atom. The first-order valence-corrected chi connectivity index (χ1v) is 5.94. The molecule has 84 valence electrons. The van der Waals surface area contributed by atoms with Gasteiger partial charge in [0.1, 0.15) is 0 Å². The van der Waals surface area contributed by atoms with Crippen molar-refractivity contribution in [1.82, 2.24) is 5.32 Å². The van der Waals surface area contributed by atoms with Gasteiger partial charge in [-0.2, -0.15) is 0 Å². The second-order valence-corrected chi connectivity index (χ2v) is 3.82. The normalized spacial score (nSPS) is 12.3. The number of hydrogen-bond acceptors (Lipinski definition) is 1. The van der Waals surface area contributed by atoms with Gasteiger partial charge in [-0.25, -0.2) is 0 Å². The molecule has 14 heavy (non-hydrogen) atoms. The number of nitrogens with one attached hydrogen (secondary N) is 1.